The van der Waals surface area contributed by atoms with Gasteiger partial charge in [-0.2, -0.15) is 0 Å². The van der Waals surface area contributed by atoms with Gasteiger partial charge in [-0.15, -0.1) is 0 Å². The summed E-state index contributed by atoms with van der Waals surface area (Å²) in [4.78, 5) is 24.2. The number of hydrogen-bond donors (Lipinski definition) is 0. The van der Waals surface area contributed by atoms with Crippen molar-refractivity contribution >= 4 is 44.3 Å². The third-order valence-corrected chi connectivity index (χ3v) is 6.51. The molecule has 8 nitrogen and oxygen atoms in total. The molecule has 0 bridgehead atoms. The van der Waals surface area contributed by atoms with Crippen LogP contribution in [0, 0.1) is 0 Å². The van der Waals surface area contributed by atoms with E-state index in [1.165, 1.54) is 27.3 Å². The number of carbonyl (C=O) groups excluding carboxylic acids is 1. The number of hydrogen-bond acceptors (Lipinski definition) is 5. The molecule has 29 heavy (non-hydrogen) atoms. The van der Waals surface area contributed by atoms with Crippen LogP contribution < -0.4 is 9.99 Å². The van der Waals surface area contributed by atoms with Crippen molar-refractivity contribution in [1.82, 2.24) is 9.13 Å². The average molecular weight is 438 g/mol. The van der Waals surface area contributed by atoms with E-state index in [-0.39, 0.29) is 22.9 Å². The predicted molar refractivity (Wildman–Crippen MR) is 111 cm³/mol. The van der Waals surface area contributed by atoms with E-state index in [2.05, 4.69) is 0 Å². The highest BCUT2D eigenvalue weighted by Crippen LogP contribution is 2.27. The molecule has 3 rings (SSSR count). The first-order valence-electron chi connectivity index (χ1n) is 8.76. The van der Waals surface area contributed by atoms with Crippen LogP contribution in [0.25, 0.3) is 11.0 Å². The third-order valence-electron chi connectivity index (χ3n) is 4.51. The largest absolute Gasteiger partial charge is 0.465 e. The Labute approximate surface area is 172 Å². The fourth-order valence-corrected chi connectivity index (χ4v) is 4.65. The molecule has 0 aliphatic heterocycles. The molecule has 0 amide bonds. The average Bonchev–Trinajstić information content (AvgIpc) is 2.90. The molecular weight excluding hydrogens is 418 g/mol. The Balaban J connectivity index is 2.15. The molecule has 10 heteroatoms. The van der Waals surface area contributed by atoms with Crippen LogP contribution in [-0.4, -0.2) is 36.7 Å². The van der Waals surface area contributed by atoms with E-state index in [1.807, 2.05) is 0 Å². The smallest absolute Gasteiger partial charge is 0.328 e. The number of esters is 1. The number of fused-ring (bicyclic) bond motifs is 1. The van der Waals surface area contributed by atoms with Crippen molar-refractivity contribution < 1.29 is 17.9 Å². The van der Waals surface area contributed by atoms with Gasteiger partial charge in [-0.1, -0.05) is 17.7 Å². The maximum atomic E-state index is 13.4. The molecule has 2 aromatic carbocycles. The topological polar surface area (TPSA) is 90.6 Å². The van der Waals surface area contributed by atoms with Gasteiger partial charge in [0.05, 0.1) is 28.2 Å². The van der Waals surface area contributed by atoms with Crippen LogP contribution in [0.3, 0.4) is 0 Å². The number of rotatable bonds is 6. The Hall–Kier alpha value is -2.78. The number of sulfonamides is 1. The summed E-state index contributed by atoms with van der Waals surface area (Å²) in [6.07, 6.45) is 0. The van der Waals surface area contributed by atoms with Crippen LogP contribution >= 0.6 is 11.6 Å². The van der Waals surface area contributed by atoms with Crippen LogP contribution in [0.1, 0.15) is 6.92 Å². The van der Waals surface area contributed by atoms with Crippen molar-refractivity contribution in [2.45, 2.75) is 11.8 Å². The summed E-state index contributed by atoms with van der Waals surface area (Å²) >= 11 is 6.02. The molecule has 0 saturated carbocycles. The van der Waals surface area contributed by atoms with Crippen LogP contribution in [0.2, 0.25) is 5.02 Å². The number of ether oxygens (including phenoxy) is 1. The van der Waals surface area contributed by atoms with Gasteiger partial charge in [-0.3, -0.25) is 18.2 Å². The lowest BCUT2D eigenvalue weighted by atomic mass is 10.3. The summed E-state index contributed by atoms with van der Waals surface area (Å²) < 4.78 is 35.5. The summed E-state index contributed by atoms with van der Waals surface area (Å²) in [6.45, 7) is 1.25. The Morgan fingerprint density at radius 2 is 1.79 bits per heavy atom. The first-order chi connectivity index (χ1) is 13.7. The molecule has 0 aliphatic carbocycles. The second-order valence-corrected chi connectivity index (χ2v) is 8.65. The Kier molecular flexibility index (Phi) is 5.72. The van der Waals surface area contributed by atoms with Crippen molar-refractivity contribution in [1.29, 1.82) is 0 Å². The monoisotopic (exact) mass is 437 g/mol. The summed E-state index contributed by atoms with van der Waals surface area (Å²) in [7, 11) is -0.974. The van der Waals surface area contributed by atoms with Gasteiger partial charge in [-0.05, 0) is 43.3 Å². The molecule has 0 fully saturated rings. The summed E-state index contributed by atoms with van der Waals surface area (Å²) in [5.74, 6) is -0.691. The maximum Gasteiger partial charge on any atom is 0.328 e. The zero-order valence-corrected chi connectivity index (χ0v) is 17.7. The van der Waals surface area contributed by atoms with E-state index in [9.17, 15) is 18.0 Å². The Morgan fingerprint density at radius 1 is 1.10 bits per heavy atom. The second-order valence-electron chi connectivity index (χ2n) is 6.35. The number of anilines is 1. The highest BCUT2D eigenvalue weighted by molar-refractivity contribution is 7.92. The van der Waals surface area contributed by atoms with Gasteiger partial charge in [0.15, 0.2) is 0 Å². The van der Waals surface area contributed by atoms with Crippen molar-refractivity contribution in [3.05, 3.63) is 58.0 Å². The van der Waals surface area contributed by atoms with Crippen LogP contribution in [0.15, 0.2) is 52.2 Å². The van der Waals surface area contributed by atoms with Gasteiger partial charge in [0.2, 0.25) is 0 Å². The van der Waals surface area contributed by atoms with E-state index in [4.69, 9.17) is 16.3 Å². The van der Waals surface area contributed by atoms with Gasteiger partial charge in [0, 0.05) is 19.1 Å². The molecule has 3 aromatic rings. The van der Waals surface area contributed by atoms with E-state index in [1.54, 1.807) is 45.3 Å². The number of benzene rings is 2. The number of carbonyl (C=O) groups is 1. The normalized spacial score (nSPS) is 11.6. The van der Waals surface area contributed by atoms with Gasteiger partial charge in [0.25, 0.3) is 10.0 Å². The molecule has 154 valence electrons. The fraction of sp³-hybridized carbons (Fsp3) is 0.263. The highest BCUT2D eigenvalue weighted by Gasteiger charge is 2.28. The SMILES string of the molecule is CCOC(=O)CN(c1cccc(Cl)c1)S(=O)(=O)c1ccc2c(c1)n(C)c(=O)n2C. The van der Waals surface area contributed by atoms with Crippen molar-refractivity contribution in [3.8, 4) is 0 Å². The maximum absolute atomic E-state index is 13.4. The van der Waals surface area contributed by atoms with Crippen molar-refractivity contribution in [2.75, 3.05) is 17.5 Å². The molecule has 0 unspecified atom stereocenters. The van der Waals surface area contributed by atoms with Gasteiger partial charge in [0.1, 0.15) is 6.54 Å². The Bertz CT molecular complexity index is 1250. The van der Waals surface area contributed by atoms with Crippen LogP contribution in [-0.2, 0) is 33.7 Å². The third kappa shape index (κ3) is 3.88. The number of nitrogens with zero attached hydrogens (tertiary/aromatic N) is 3. The van der Waals surface area contributed by atoms with E-state index in [0.717, 1.165) is 4.31 Å². The standard InChI is InChI=1S/C19H20ClN3O5S/c1-4-28-18(24)12-23(14-7-5-6-13(20)10-14)29(26,27)15-8-9-16-17(11-15)22(3)19(25)21(16)2/h5-11H,4,12H2,1-3H3. The quantitative estimate of drug-likeness (QED) is 0.552. The van der Waals surface area contributed by atoms with Gasteiger partial charge < -0.3 is 4.74 Å². The lowest BCUT2D eigenvalue weighted by Gasteiger charge is -2.24. The van der Waals surface area contributed by atoms with Gasteiger partial charge >= 0.3 is 11.7 Å². The molecule has 0 N–H and O–H groups in total. The van der Waals surface area contributed by atoms with E-state index in [0.29, 0.717) is 16.1 Å². The van der Waals surface area contributed by atoms with Crippen molar-refractivity contribution in [2.24, 2.45) is 14.1 Å². The summed E-state index contributed by atoms with van der Waals surface area (Å²) in [6, 6.07) is 10.6. The van der Waals surface area contributed by atoms with Crippen LogP contribution in [0.5, 0.6) is 0 Å². The first-order valence-corrected chi connectivity index (χ1v) is 10.6. The minimum atomic E-state index is -4.15. The predicted octanol–water partition coefficient (Wildman–Crippen LogP) is 2.29. The van der Waals surface area contributed by atoms with E-state index >= 15 is 0 Å². The number of aryl methyl sites for hydroxylation is 2. The zero-order valence-electron chi connectivity index (χ0n) is 16.1. The molecule has 1 aromatic heterocycles. The van der Waals surface area contributed by atoms with Crippen LogP contribution in [0.4, 0.5) is 5.69 Å². The van der Waals surface area contributed by atoms with Crippen molar-refractivity contribution in [3.63, 3.8) is 0 Å². The Morgan fingerprint density at radius 3 is 2.45 bits per heavy atom. The number of halogens is 1. The molecule has 0 atom stereocenters. The summed E-state index contributed by atoms with van der Waals surface area (Å²) in [5.41, 5.74) is 1.01. The number of imidazole rings is 1. The van der Waals surface area contributed by atoms with Gasteiger partial charge in [-0.25, -0.2) is 13.2 Å². The minimum Gasteiger partial charge on any atom is -0.465 e. The molecule has 0 aliphatic rings. The summed E-state index contributed by atoms with van der Waals surface area (Å²) in [5, 5.41) is 0.326. The second kappa shape index (κ2) is 7.92. The lowest BCUT2D eigenvalue weighted by Crippen LogP contribution is -2.36. The lowest BCUT2D eigenvalue weighted by molar-refractivity contribution is -0.141. The minimum absolute atomic E-state index is 0.0597. The molecular formula is C19H20ClN3O5S. The zero-order chi connectivity index (χ0) is 21.3. The first kappa shape index (κ1) is 20.9. The number of aromatic nitrogens is 2. The molecule has 0 spiro atoms. The van der Waals surface area contributed by atoms with E-state index < -0.39 is 22.5 Å². The molecule has 0 radical (unpaired) electrons. The molecule has 0 saturated heterocycles. The fourth-order valence-electron chi connectivity index (χ4n) is 3.04. The molecule has 1 heterocycles. The highest BCUT2D eigenvalue weighted by atomic mass is 35.5.